The van der Waals surface area contributed by atoms with E-state index in [9.17, 15) is 0 Å². The van der Waals surface area contributed by atoms with Crippen LogP contribution >= 0.6 is 0 Å². The second kappa shape index (κ2) is 5.78. The third-order valence-corrected chi connectivity index (χ3v) is 2.46. The smallest absolute Gasteiger partial charge is 0.0859 e. The lowest BCUT2D eigenvalue weighted by atomic mass is 10.1. The molecule has 0 atom stereocenters. The highest BCUT2D eigenvalue weighted by Crippen LogP contribution is 2.10. The maximum absolute atomic E-state index is 4.26. The average molecular weight is 195 g/mol. The molecule has 0 saturated heterocycles. The fraction of sp³-hybridized carbons (Fsp3) is 0.818. The Morgan fingerprint density at radius 3 is 2.50 bits per heavy atom. The molecule has 0 aliphatic carbocycles. The van der Waals surface area contributed by atoms with Gasteiger partial charge in [0, 0.05) is 6.54 Å². The Labute approximate surface area is 86.5 Å². The summed E-state index contributed by atoms with van der Waals surface area (Å²) in [5.74, 6) is 0. The summed E-state index contributed by atoms with van der Waals surface area (Å²) in [5, 5.41) is 8.45. The van der Waals surface area contributed by atoms with E-state index in [-0.39, 0.29) is 0 Å². The van der Waals surface area contributed by atoms with Crippen LogP contribution in [0.25, 0.3) is 0 Å². The van der Waals surface area contributed by atoms with E-state index in [1.54, 1.807) is 0 Å². The van der Waals surface area contributed by atoms with Crippen molar-refractivity contribution >= 4 is 0 Å². The molecule has 1 aromatic heterocycles. The fourth-order valence-corrected chi connectivity index (χ4v) is 1.69. The molecule has 3 nitrogen and oxygen atoms in total. The van der Waals surface area contributed by atoms with E-state index in [1.807, 2.05) is 0 Å². The molecular weight excluding hydrogens is 174 g/mol. The number of unbranched alkanes of at least 4 members (excludes halogenated alkanes) is 1. The predicted molar refractivity (Wildman–Crippen MR) is 58.3 cm³/mol. The number of rotatable bonds is 6. The SMILES string of the molecule is CCCCc1nnn(CCC)c1CC. The van der Waals surface area contributed by atoms with Crippen LogP contribution < -0.4 is 0 Å². The zero-order valence-electron chi connectivity index (χ0n) is 9.58. The molecular formula is C11H21N3. The number of hydrogen-bond donors (Lipinski definition) is 0. The van der Waals surface area contributed by atoms with Gasteiger partial charge in [0.1, 0.15) is 0 Å². The van der Waals surface area contributed by atoms with Crippen LogP contribution in [0.2, 0.25) is 0 Å². The summed E-state index contributed by atoms with van der Waals surface area (Å²) in [6, 6.07) is 0. The number of nitrogens with zero attached hydrogens (tertiary/aromatic N) is 3. The van der Waals surface area contributed by atoms with Gasteiger partial charge in [-0.3, -0.25) is 0 Å². The lowest BCUT2D eigenvalue weighted by molar-refractivity contribution is 0.557. The van der Waals surface area contributed by atoms with Crippen molar-refractivity contribution < 1.29 is 0 Å². The van der Waals surface area contributed by atoms with Crippen LogP contribution in [0.3, 0.4) is 0 Å². The highest BCUT2D eigenvalue weighted by Gasteiger charge is 2.09. The van der Waals surface area contributed by atoms with Crippen molar-refractivity contribution in [2.24, 2.45) is 0 Å². The van der Waals surface area contributed by atoms with Crippen molar-refractivity contribution in [3.63, 3.8) is 0 Å². The van der Waals surface area contributed by atoms with Crippen LogP contribution in [-0.4, -0.2) is 15.0 Å². The first-order valence-corrected chi connectivity index (χ1v) is 5.74. The third kappa shape index (κ3) is 2.56. The van der Waals surface area contributed by atoms with Crippen molar-refractivity contribution in [2.45, 2.75) is 59.4 Å². The van der Waals surface area contributed by atoms with Crippen molar-refractivity contribution in [3.05, 3.63) is 11.4 Å². The first kappa shape index (κ1) is 11.2. The van der Waals surface area contributed by atoms with Crippen molar-refractivity contribution in [2.75, 3.05) is 0 Å². The summed E-state index contributed by atoms with van der Waals surface area (Å²) in [4.78, 5) is 0. The van der Waals surface area contributed by atoms with Gasteiger partial charge in [0.25, 0.3) is 0 Å². The number of aromatic nitrogens is 3. The van der Waals surface area contributed by atoms with Gasteiger partial charge in [-0.1, -0.05) is 32.4 Å². The van der Waals surface area contributed by atoms with Gasteiger partial charge in [0.05, 0.1) is 11.4 Å². The Hall–Kier alpha value is -0.860. The molecule has 80 valence electrons. The fourth-order valence-electron chi connectivity index (χ4n) is 1.69. The number of aryl methyl sites for hydroxylation is 2. The number of hydrogen-bond acceptors (Lipinski definition) is 2. The van der Waals surface area contributed by atoms with Gasteiger partial charge in [-0.15, -0.1) is 5.10 Å². The molecule has 1 rings (SSSR count). The van der Waals surface area contributed by atoms with Gasteiger partial charge < -0.3 is 0 Å². The van der Waals surface area contributed by atoms with E-state index in [4.69, 9.17) is 0 Å². The highest BCUT2D eigenvalue weighted by molar-refractivity contribution is 5.10. The van der Waals surface area contributed by atoms with E-state index in [2.05, 4.69) is 35.8 Å². The van der Waals surface area contributed by atoms with Gasteiger partial charge >= 0.3 is 0 Å². The van der Waals surface area contributed by atoms with Crippen LogP contribution in [0.4, 0.5) is 0 Å². The molecule has 3 heteroatoms. The quantitative estimate of drug-likeness (QED) is 0.698. The first-order valence-electron chi connectivity index (χ1n) is 5.74. The molecule has 0 aliphatic heterocycles. The monoisotopic (exact) mass is 195 g/mol. The van der Waals surface area contributed by atoms with E-state index < -0.39 is 0 Å². The van der Waals surface area contributed by atoms with Crippen LogP contribution in [0.15, 0.2) is 0 Å². The Morgan fingerprint density at radius 1 is 1.14 bits per heavy atom. The van der Waals surface area contributed by atoms with Crippen molar-refractivity contribution in [1.82, 2.24) is 15.0 Å². The first-order chi connectivity index (χ1) is 6.83. The lowest BCUT2D eigenvalue weighted by Crippen LogP contribution is -2.04. The van der Waals surface area contributed by atoms with Crippen LogP contribution in [-0.2, 0) is 19.4 Å². The maximum atomic E-state index is 4.26. The van der Waals surface area contributed by atoms with Crippen LogP contribution in [0.1, 0.15) is 51.4 Å². The van der Waals surface area contributed by atoms with Crippen molar-refractivity contribution in [1.29, 1.82) is 0 Å². The summed E-state index contributed by atoms with van der Waals surface area (Å²) in [6.07, 6.45) is 5.71. The molecule has 1 heterocycles. The molecule has 0 fully saturated rings. The summed E-state index contributed by atoms with van der Waals surface area (Å²) < 4.78 is 2.06. The summed E-state index contributed by atoms with van der Waals surface area (Å²) in [5.41, 5.74) is 2.54. The largest absolute Gasteiger partial charge is 0.249 e. The van der Waals surface area contributed by atoms with E-state index in [0.717, 1.165) is 25.8 Å². The molecule has 0 aromatic carbocycles. The molecule has 0 spiro atoms. The molecule has 1 aromatic rings. The minimum Gasteiger partial charge on any atom is -0.249 e. The molecule has 0 amide bonds. The summed E-state index contributed by atoms with van der Waals surface area (Å²) >= 11 is 0. The zero-order chi connectivity index (χ0) is 10.4. The normalized spacial score (nSPS) is 10.8. The predicted octanol–water partition coefficient (Wildman–Crippen LogP) is 2.59. The molecule has 0 saturated carbocycles. The van der Waals surface area contributed by atoms with Gasteiger partial charge in [-0.2, -0.15) is 0 Å². The molecule has 0 N–H and O–H groups in total. The third-order valence-electron chi connectivity index (χ3n) is 2.46. The van der Waals surface area contributed by atoms with Crippen molar-refractivity contribution in [3.8, 4) is 0 Å². The second-order valence-corrected chi connectivity index (χ2v) is 3.66. The van der Waals surface area contributed by atoms with E-state index in [1.165, 1.54) is 24.2 Å². The molecule has 0 aliphatic rings. The van der Waals surface area contributed by atoms with Gasteiger partial charge in [0.15, 0.2) is 0 Å². The van der Waals surface area contributed by atoms with E-state index in [0.29, 0.717) is 0 Å². The van der Waals surface area contributed by atoms with Gasteiger partial charge in [-0.25, -0.2) is 4.68 Å². The summed E-state index contributed by atoms with van der Waals surface area (Å²) in [7, 11) is 0. The van der Waals surface area contributed by atoms with Crippen LogP contribution in [0.5, 0.6) is 0 Å². The Morgan fingerprint density at radius 2 is 1.93 bits per heavy atom. The molecule has 14 heavy (non-hydrogen) atoms. The molecule has 0 radical (unpaired) electrons. The summed E-state index contributed by atoms with van der Waals surface area (Å²) in [6.45, 7) is 7.57. The average Bonchev–Trinajstić information content (AvgIpc) is 2.58. The minimum atomic E-state index is 1.00. The zero-order valence-corrected chi connectivity index (χ0v) is 9.58. The maximum Gasteiger partial charge on any atom is 0.0859 e. The molecule has 0 unspecified atom stereocenters. The second-order valence-electron chi connectivity index (χ2n) is 3.66. The molecule has 0 bridgehead atoms. The standard InChI is InChI=1S/C11H21N3/c1-4-7-8-10-11(6-3)14(9-5-2)13-12-10/h4-9H2,1-3H3. The van der Waals surface area contributed by atoms with Crippen LogP contribution in [0, 0.1) is 0 Å². The lowest BCUT2D eigenvalue weighted by Gasteiger charge is -2.03. The Bertz CT molecular complexity index is 265. The Kier molecular flexibility index (Phi) is 4.63. The van der Waals surface area contributed by atoms with Gasteiger partial charge in [0.2, 0.25) is 0 Å². The van der Waals surface area contributed by atoms with E-state index >= 15 is 0 Å². The van der Waals surface area contributed by atoms with Gasteiger partial charge in [-0.05, 0) is 25.7 Å². The topological polar surface area (TPSA) is 30.7 Å². The highest BCUT2D eigenvalue weighted by atomic mass is 15.4. The Balaban J connectivity index is 2.73. The minimum absolute atomic E-state index is 1.00.